The smallest absolute Gasteiger partial charge is 0.190 e. The van der Waals surface area contributed by atoms with Crippen LogP contribution in [0.1, 0.15) is 11.3 Å². The fourth-order valence-electron chi connectivity index (χ4n) is 1.83. The molecular weight excluding hydrogens is 270 g/mol. The minimum absolute atomic E-state index is 0.0653. The second-order valence-electron chi connectivity index (χ2n) is 4.45. The number of benzene rings is 1. The summed E-state index contributed by atoms with van der Waals surface area (Å²) in [6.45, 7) is 0.662. The van der Waals surface area contributed by atoms with Gasteiger partial charge in [0.1, 0.15) is 17.3 Å². The molecule has 0 atom stereocenters. The third-order valence-corrected chi connectivity index (χ3v) is 2.95. The van der Waals surface area contributed by atoms with Crippen molar-refractivity contribution in [2.24, 2.45) is 10.9 Å². The number of hydrogen-bond acceptors (Lipinski definition) is 6. The summed E-state index contributed by atoms with van der Waals surface area (Å²) >= 11 is 0. The highest BCUT2D eigenvalue weighted by atomic mass is 16.5. The lowest BCUT2D eigenvalue weighted by Gasteiger charge is -2.18. The Bertz CT molecular complexity index is 628. The number of hydrogen-bond donors (Lipinski definition) is 2. The molecule has 7 nitrogen and oxygen atoms in total. The summed E-state index contributed by atoms with van der Waals surface area (Å²) in [7, 11) is 3.55. The second kappa shape index (κ2) is 6.56. The first-order valence-corrected chi connectivity index (χ1v) is 6.28. The number of nitrogens with zero attached hydrogens (tertiary/aromatic N) is 4. The maximum Gasteiger partial charge on any atom is 0.190 e. The van der Waals surface area contributed by atoms with Crippen LogP contribution in [0.3, 0.4) is 0 Å². The molecule has 1 heterocycles. The summed E-state index contributed by atoms with van der Waals surface area (Å²) in [6, 6.07) is 7.82. The van der Waals surface area contributed by atoms with Gasteiger partial charge in [-0.1, -0.05) is 17.3 Å². The second-order valence-corrected chi connectivity index (χ2v) is 4.45. The SMILES string of the molecule is COc1cccc(CN(C)c2cnc(C(N)=NO)cn2)c1. The van der Waals surface area contributed by atoms with E-state index in [1.807, 2.05) is 36.2 Å². The first kappa shape index (κ1) is 14.6. The standard InChI is InChI=1S/C14H17N5O2/c1-19(9-10-4-3-5-11(6-10)21-2)13-8-16-12(7-17-13)14(15)18-20/h3-8,20H,9H2,1-2H3,(H2,15,18). The van der Waals surface area contributed by atoms with Gasteiger partial charge in [-0.25, -0.2) is 9.97 Å². The van der Waals surface area contributed by atoms with Gasteiger partial charge >= 0.3 is 0 Å². The van der Waals surface area contributed by atoms with Crippen LogP contribution in [0.5, 0.6) is 5.75 Å². The number of nitrogens with two attached hydrogens (primary N) is 1. The molecule has 1 aromatic heterocycles. The van der Waals surface area contributed by atoms with Crippen LogP contribution in [-0.2, 0) is 6.54 Å². The van der Waals surface area contributed by atoms with E-state index in [0.717, 1.165) is 11.3 Å². The van der Waals surface area contributed by atoms with E-state index in [2.05, 4.69) is 15.1 Å². The lowest BCUT2D eigenvalue weighted by atomic mass is 10.2. The van der Waals surface area contributed by atoms with Gasteiger partial charge in [0.15, 0.2) is 5.84 Å². The van der Waals surface area contributed by atoms with Gasteiger partial charge in [0.25, 0.3) is 0 Å². The molecule has 2 rings (SSSR count). The molecule has 0 radical (unpaired) electrons. The van der Waals surface area contributed by atoms with E-state index in [0.29, 0.717) is 18.1 Å². The molecule has 0 aliphatic heterocycles. The molecule has 0 aliphatic rings. The van der Waals surface area contributed by atoms with Crippen molar-refractivity contribution in [1.29, 1.82) is 0 Å². The molecule has 0 spiro atoms. The van der Waals surface area contributed by atoms with Crippen LogP contribution in [-0.4, -0.2) is 35.2 Å². The highest BCUT2D eigenvalue weighted by molar-refractivity contribution is 5.94. The molecule has 0 fully saturated rings. The van der Waals surface area contributed by atoms with Gasteiger partial charge in [-0.05, 0) is 17.7 Å². The predicted octanol–water partition coefficient (Wildman–Crippen LogP) is 1.22. The summed E-state index contributed by atoms with van der Waals surface area (Å²) in [4.78, 5) is 10.3. The van der Waals surface area contributed by atoms with Crippen LogP contribution in [0.2, 0.25) is 0 Å². The largest absolute Gasteiger partial charge is 0.497 e. The lowest BCUT2D eigenvalue weighted by Crippen LogP contribution is -2.20. The number of aromatic nitrogens is 2. The molecule has 7 heteroatoms. The van der Waals surface area contributed by atoms with Gasteiger partial charge in [0, 0.05) is 13.6 Å². The monoisotopic (exact) mass is 287 g/mol. The molecule has 21 heavy (non-hydrogen) atoms. The van der Waals surface area contributed by atoms with Crippen molar-refractivity contribution in [3.05, 3.63) is 47.9 Å². The molecule has 0 saturated carbocycles. The maximum absolute atomic E-state index is 8.58. The maximum atomic E-state index is 8.58. The molecule has 0 unspecified atom stereocenters. The third kappa shape index (κ3) is 3.59. The number of rotatable bonds is 5. The highest BCUT2D eigenvalue weighted by Crippen LogP contribution is 2.16. The van der Waals surface area contributed by atoms with Crippen LogP contribution < -0.4 is 15.4 Å². The van der Waals surface area contributed by atoms with Crippen LogP contribution in [0.25, 0.3) is 0 Å². The van der Waals surface area contributed by atoms with Gasteiger partial charge < -0.3 is 20.6 Å². The summed E-state index contributed by atoms with van der Waals surface area (Å²) in [5.41, 5.74) is 6.87. The predicted molar refractivity (Wildman–Crippen MR) is 79.6 cm³/mol. The van der Waals surface area contributed by atoms with Crippen LogP contribution in [0.4, 0.5) is 5.82 Å². The van der Waals surface area contributed by atoms with E-state index in [4.69, 9.17) is 15.7 Å². The Balaban J connectivity index is 2.10. The number of methoxy groups -OCH3 is 1. The zero-order valence-corrected chi connectivity index (χ0v) is 11.9. The normalized spacial score (nSPS) is 11.2. The highest BCUT2D eigenvalue weighted by Gasteiger charge is 2.07. The topological polar surface area (TPSA) is 96.9 Å². The summed E-state index contributed by atoms with van der Waals surface area (Å²) in [6.07, 6.45) is 3.04. The minimum atomic E-state index is -0.0653. The van der Waals surface area contributed by atoms with E-state index in [1.165, 1.54) is 6.20 Å². The van der Waals surface area contributed by atoms with E-state index in [-0.39, 0.29) is 5.84 Å². The van der Waals surface area contributed by atoms with Crippen LogP contribution in [0.15, 0.2) is 41.8 Å². The van der Waals surface area contributed by atoms with E-state index >= 15 is 0 Å². The van der Waals surface area contributed by atoms with Gasteiger partial charge in [0.2, 0.25) is 0 Å². The number of anilines is 1. The molecule has 1 aromatic carbocycles. The molecule has 0 saturated heterocycles. The fourth-order valence-corrected chi connectivity index (χ4v) is 1.83. The Kier molecular flexibility index (Phi) is 4.55. The molecule has 110 valence electrons. The van der Waals surface area contributed by atoms with Crippen molar-refractivity contribution in [3.63, 3.8) is 0 Å². The Labute approximate surface area is 122 Å². The Morgan fingerprint density at radius 1 is 1.38 bits per heavy atom. The zero-order valence-electron chi connectivity index (χ0n) is 11.9. The van der Waals surface area contributed by atoms with Crippen molar-refractivity contribution in [1.82, 2.24) is 9.97 Å². The van der Waals surface area contributed by atoms with Crippen molar-refractivity contribution in [2.45, 2.75) is 6.54 Å². The Morgan fingerprint density at radius 2 is 2.19 bits per heavy atom. The van der Waals surface area contributed by atoms with E-state index in [9.17, 15) is 0 Å². The summed E-state index contributed by atoms with van der Waals surface area (Å²) in [5, 5.41) is 11.5. The first-order chi connectivity index (χ1) is 10.1. The van der Waals surface area contributed by atoms with Crippen molar-refractivity contribution in [2.75, 3.05) is 19.1 Å². The van der Waals surface area contributed by atoms with Gasteiger partial charge in [-0.3, -0.25) is 0 Å². The average Bonchev–Trinajstić information content (AvgIpc) is 2.54. The average molecular weight is 287 g/mol. The Hall–Kier alpha value is -2.83. The van der Waals surface area contributed by atoms with E-state index in [1.54, 1.807) is 13.3 Å². The Morgan fingerprint density at radius 3 is 2.81 bits per heavy atom. The lowest BCUT2D eigenvalue weighted by molar-refractivity contribution is 0.318. The first-order valence-electron chi connectivity index (χ1n) is 6.28. The molecule has 0 amide bonds. The molecule has 3 N–H and O–H groups in total. The van der Waals surface area contributed by atoms with Crippen molar-refractivity contribution < 1.29 is 9.94 Å². The fraction of sp³-hybridized carbons (Fsp3) is 0.214. The van der Waals surface area contributed by atoms with Gasteiger partial charge in [-0.15, -0.1) is 0 Å². The zero-order chi connectivity index (χ0) is 15.2. The number of amidine groups is 1. The quantitative estimate of drug-likeness (QED) is 0.371. The summed E-state index contributed by atoms with van der Waals surface area (Å²) < 4.78 is 5.20. The van der Waals surface area contributed by atoms with Crippen molar-refractivity contribution in [3.8, 4) is 5.75 Å². The summed E-state index contributed by atoms with van der Waals surface area (Å²) in [5.74, 6) is 1.44. The molecule has 2 aromatic rings. The third-order valence-electron chi connectivity index (χ3n) is 2.95. The molecule has 0 aliphatic carbocycles. The minimum Gasteiger partial charge on any atom is -0.497 e. The van der Waals surface area contributed by atoms with Gasteiger partial charge in [0.05, 0.1) is 19.5 Å². The number of oxime groups is 1. The molecular formula is C14H17N5O2. The van der Waals surface area contributed by atoms with Crippen LogP contribution in [0, 0.1) is 0 Å². The van der Waals surface area contributed by atoms with Crippen LogP contribution >= 0.6 is 0 Å². The van der Waals surface area contributed by atoms with Crippen molar-refractivity contribution >= 4 is 11.7 Å². The van der Waals surface area contributed by atoms with Gasteiger partial charge in [-0.2, -0.15) is 0 Å². The number of ether oxygens (including phenoxy) is 1. The van der Waals surface area contributed by atoms with E-state index < -0.39 is 0 Å². The molecule has 0 bridgehead atoms.